The van der Waals surface area contributed by atoms with Crippen molar-refractivity contribution in [2.24, 2.45) is 0 Å². The standard InChI is InChI=1S/C21H27NO4/c1-5-19(15-10-12-16(24-3)13-11-15)22-21(23)20(6-2)26-18-9-7-8-17(14-18)25-4/h7-14,19-20H,5-6H2,1-4H3,(H,22,23)/t19-,20+/m0/s1. The van der Waals surface area contributed by atoms with Gasteiger partial charge in [0.05, 0.1) is 20.3 Å². The van der Waals surface area contributed by atoms with Crippen LogP contribution in [0, 0.1) is 0 Å². The van der Waals surface area contributed by atoms with Gasteiger partial charge in [-0.25, -0.2) is 0 Å². The number of carbonyl (C=O) groups excluding carboxylic acids is 1. The van der Waals surface area contributed by atoms with Gasteiger partial charge in [0.15, 0.2) is 6.10 Å². The zero-order chi connectivity index (χ0) is 18.9. The van der Waals surface area contributed by atoms with Crippen LogP contribution in [0.25, 0.3) is 0 Å². The van der Waals surface area contributed by atoms with Crippen LogP contribution >= 0.6 is 0 Å². The minimum Gasteiger partial charge on any atom is -0.497 e. The van der Waals surface area contributed by atoms with Crippen LogP contribution in [-0.4, -0.2) is 26.2 Å². The predicted octanol–water partition coefficient (Wildman–Crippen LogP) is 4.13. The van der Waals surface area contributed by atoms with E-state index in [1.807, 2.05) is 56.3 Å². The molecular formula is C21H27NO4. The molecule has 0 spiro atoms. The fourth-order valence-corrected chi connectivity index (χ4v) is 2.68. The van der Waals surface area contributed by atoms with E-state index >= 15 is 0 Å². The van der Waals surface area contributed by atoms with Gasteiger partial charge in [-0.15, -0.1) is 0 Å². The number of amides is 1. The Labute approximate surface area is 155 Å². The second-order valence-corrected chi connectivity index (χ2v) is 5.94. The van der Waals surface area contributed by atoms with Crippen molar-refractivity contribution >= 4 is 5.91 Å². The fraction of sp³-hybridized carbons (Fsp3) is 0.381. The molecule has 1 N–H and O–H groups in total. The van der Waals surface area contributed by atoms with Crippen molar-refractivity contribution < 1.29 is 19.0 Å². The van der Waals surface area contributed by atoms with Crippen molar-refractivity contribution in [3.05, 3.63) is 54.1 Å². The highest BCUT2D eigenvalue weighted by molar-refractivity contribution is 5.81. The molecule has 0 radical (unpaired) electrons. The SMILES string of the molecule is CC[C@H](NC(=O)[C@@H](CC)Oc1cccc(OC)c1)c1ccc(OC)cc1. The maximum atomic E-state index is 12.7. The van der Waals surface area contributed by atoms with Crippen molar-refractivity contribution in [2.45, 2.75) is 38.8 Å². The number of carbonyl (C=O) groups is 1. The quantitative estimate of drug-likeness (QED) is 0.733. The van der Waals surface area contributed by atoms with E-state index in [2.05, 4.69) is 5.32 Å². The molecule has 2 aromatic carbocycles. The highest BCUT2D eigenvalue weighted by atomic mass is 16.5. The third-order valence-corrected chi connectivity index (χ3v) is 4.23. The number of methoxy groups -OCH3 is 2. The average Bonchev–Trinajstić information content (AvgIpc) is 2.70. The van der Waals surface area contributed by atoms with Gasteiger partial charge in [0, 0.05) is 6.07 Å². The molecule has 0 fully saturated rings. The minimum absolute atomic E-state index is 0.0728. The first-order chi connectivity index (χ1) is 12.6. The summed E-state index contributed by atoms with van der Waals surface area (Å²) in [6, 6.07) is 14.9. The Morgan fingerprint density at radius 3 is 2.15 bits per heavy atom. The maximum absolute atomic E-state index is 12.7. The molecule has 2 atom stereocenters. The van der Waals surface area contributed by atoms with E-state index in [1.54, 1.807) is 20.3 Å². The van der Waals surface area contributed by atoms with Crippen molar-refractivity contribution in [2.75, 3.05) is 14.2 Å². The lowest BCUT2D eigenvalue weighted by atomic mass is 10.0. The summed E-state index contributed by atoms with van der Waals surface area (Å²) in [5.74, 6) is 1.98. The topological polar surface area (TPSA) is 56.8 Å². The molecule has 0 aliphatic heterocycles. The van der Waals surface area contributed by atoms with Crippen molar-refractivity contribution in [3.63, 3.8) is 0 Å². The Balaban J connectivity index is 2.05. The highest BCUT2D eigenvalue weighted by Gasteiger charge is 2.22. The molecule has 0 aromatic heterocycles. The molecule has 0 unspecified atom stereocenters. The third-order valence-electron chi connectivity index (χ3n) is 4.23. The summed E-state index contributed by atoms with van der Waals surface area (Å²) >= 11 is 0. The van der Waals surface area contributed by atoms with E-state index in [4.69, 9.17) is 14.2 Å². The molecule has 0 aliphatic carbocycles. The molecule has 0 bridgehead atoms. The average molecular weight is 357 g/mol. The number of ether oxygens (including phenoxy) is 3. The molecule has 2 rings (SSSR count). The molecule has 5 heteroatoms. The van der Waals surface area contributed by atoms with Gasteiger partial charge in [-0.1, -0.05) is 32.0 Å². The summed E-state index contributed by atoms with van der Waals surface area (Å²) in [6.07, 6.45) is 0.796. The monoisotopic (exact) mass is 357 g/mol. The molecular weight excluding hydrogens is 330 g/mol. The van der Waals surface area contributed by atoms with E-state index < -0.39 is 6.10 Å². The van der Waals surface area contributed by atoms with E-state index in [1.165, 1.54) is 0 Å². The van der Waals surface area contributed by atoms with E-state index in [0.717, 1.165) is 17.7 Å². The smallest absolute Gasteiger partial charge is 0.261 e. The van der Waals surface area contributed by atoms with Gasteiger partial charge in [-0.05, 0) is 42.7 Å². The molecule has 1 amide bonds. The summed E-state index contributed by atoms with van der Waals surface area (Å²) in [6.45, 7) is 3.97. The summed E-state index contributed by atoms with van der Waals surface area (Å²) < 4.78 is 16.3. The number of hydrogen-bond acceptors (Lipinski definition) is 4. The van der Waals surface area contributed by atoms with Crippen LogP contribution in [0.15, 0.2) is 48.5 Å². The van der Waals surface area contributed by atoms with Gasteiger partial charge in [0.2, 0.25) is 0 Å². The number of nitrogens with one attached hydrogen (secondary N) is 1. The lowest BCUT2D eigenvalue weighted by Gasteiger charge is -2.22. The number of hydrogen-bond donors (Lipinski definition) is 1. The minimum atomic E-state index is -0.561. The van der Waals surface area contributed by atoms with Gasteiger partial charge in [0.25, 0.3) is 5.91 Å². The summed E-state index contributed by atoms with van der Waals surface area (Å²) in [7, 11) is 3.24. The van der Waals surface area contributed by atoms with Crippen molar-refractivity contribution in [3.8, 4) is 17.2 Å². The number of rotatable bonds is 9. The Hall–Kier alpha value is -2.69. The maximum Gasteiger partial charge on any atom is 0.261 e. The number of benzene rings is 2. The van der Waals surface area contributed by atoms with Crippen LogP contribution in [0.4, 0.5) is 0 Å². The highest BCUT2D eigenvalue weighted by Crippen LogP contribution is 2.23. The summed E-state index contributed by atoms with van der Waals surface area (Å²) in [5, 5.41) is 3.08. The van der Waals surface area contributed by atoms with E-state index in [0.29, 0.717) is 17.9 Å². The molecule has 0 heterocycles. The first-order valence-corrected chi connectivity index (χ1v) is 8.86. The van der Waals surface area contributed by atoms with Crippen LogP contribution in [0.5, 0.6) is 17.2 Å². The molecule has 0 saturated heterocycles. The van der Waals surface area contributed by atoms with Gasteiger partial charge in [-0.3, -0.25) is 4.79 Å². The van der Waals surface area contributed by atoms with Crippen LogP contribution in [0.2, 0.25) is 0 Å². The summed E-state index contributed by atoms with van der Waals surface area (Å²) in [4.78, 5) is 12.7. The van der Waals surface area contributed by atoms with Gasteiger partial charge >= 0.3 is 0 Å². The fourth-order valence-electron chi connectivity index (χ4n) is 2.68. The van der Waals surface area contributed by atoms with Crippen LogP contribution in [-0.2, 0) is 4.79 Å². The zero-order valence-corrected chi connectivity index (χ0v) is 15.8. The van der Waals surface area contributed by atoms with Crippen molar-refractivity contribution in [1.29, 1.82) is 0 Å². The predicted molar refractivity (Wildman–Crippen MR) is 102 cm³/mol. The second kappa shape index (κ2) is 9.70. The van der Waals surface area contributed by atoms with E-state index in [-0.39, 0.29) is 11.9 Å². The lowest BCUT2D eigenvalue weighted by molar-refractivity contribution is -0.128. The molecule has 5 nitrogen and oxygen atoms in total. The lowest BCUT2D eigenvalue weighted by Crippen LogP contribution is -2.39. The van der Waals surface area contributed by atoms with Crippen molar-refractivity contribution in [1.82, 2.24) is 5.32 Å². The van der Waals surface area contributed by atoms with Gasteiger partial charge < -0.3 is 19.5 Å². The van der Waals surface area contributed by atoms with Gasteiger partial charge in [-0.2, -0.15) is 0 Å². The first-order valence-electron chi connectivity index (χ1n) is 8.86. The Kier molecular flexibility index (Phi) is 7.33. The Morgan fingerprint density at radius 2 is 1.58 bits per heavy atom. The normalized spacial score (nSPS) is 12.8. The molecule has 26 heavy (non-hydrogen) atoms. The second-order valence-electron chi connectivity index (χ2n) is 5.94. The van der Waals surface area contributed by atoms with Gasteiger partial charge in [0.1, 0.15) is 17.2 Å². The van der Waals surface area contributed by atoms with Crippen LogP contribution in [0.3, 0.4) is 0 Å². The van der Waals surface area contributed by atoms with Crippen LogP contribution < -0.4 is 19.5 Å². The Bertz CT molecular complexity index is 699. The third kappa shape index (κ3) is 5.15. The largest absolute Gasteiger partial charge is 0.497 e. The first kappa shape index (κ1) is 19.6. The molecule has 140 valence electrons. The summed E-state index contributed by atoms with van der Waals surface area (Å²) in [5.41, 5.74) is 1.04. The zero-order valence-electron chi connectivity index (χ0n) is 15.8. The van der Waals surface area contributed by atoms with E-state index in [9.17, 15) is 4.79 Å². The Morgan fingerprint density at radius 1 is 0.923 bits per heavy atom. The molecule has 0 aliphatic rings. The molecule has 2 aromatic rings. The molecule has 0 saturated carbocycles. The van der Waals surface area contributed by atoms with Crippen LogP contribution in [0.1, 0.15) is 38.3 Å².